The van der Waals surface area contributed by atoms with Crippen molar-refractivity contribution in [2.45, 2.75) is 101 Å². The van der Waals surface area contributed by atoms with Crippen molar-refractivity contribution in [1.82, 2.24) is 0 Å². The lowest BCUT2D eigenvalue weighted by atomic mass is 9.88. The van der Waals surface area contributed by atoms with Crippen LogP contribution in [-0.2, 0) is 69.1 Å². The second-order valence-electron chi connectivity index (χ2n) is 14.1. The Balaban J connectivity index is 1.16. The minimum absolute atomic E-state index is 0.215. The first kappa shape index (κ1) is 35.3. The van der Waals surface area contributed by atoms with Crippen LogP contribution in [0.25, 0.3) is 0 Å². The summed E-state index contributed by atoms with van der Waals surface area (Å²) in [5.41, 5.74) is 4.12. The van der Waals surface area contributed by atoms with Gasteiger partial charge in [-0.15, -0.1) is 0 Å². The molecule has 4 aromatic rings. The van der Waals surface area contributed by atoms with Gasteiger partial charge in [0.15, 0.2) is 12.1 Å². The van der Waals surface area contributed by atoms with Gasteiger partial charge in [-0.05, 0) is 42.2 Å². The maximum Gasteiger partial charge on any atom is 0.218 e. The first-order chi connectivity index (χ1) is 25.4. The zero-order valence-electron chi connectivity index (χ0n) is 29.5. The molecule has 0 saturated carbocycles. The van der Waals surface area contributed by atoms with Crippen molar-refractivity contribution in [2.75, 3.05) is 6.61 Å². The second kappa shape index (κ2) is 15.7. The molecule has 52 heavy (non-hydrogen) atoms. The summed E-state index contributed by atoms with van der Waals surface area (Å²) < 4.78 is 60.0. The zero-order chi connectivity index (χ0) is 35.4. The lowest BCUT2D eigenvalue weighted by Crippen LogP contribution is -2.69. The highest BCUT2D eigenvalue weighted by Crippen LogP contribution is 2.47. The van der Waals surface area contributed by atoms with Crippen LogP contribution in [0.3, 0.4) is 0 Å². The minimum Gasteiger partial charge on any atom is -0.374 e. The Labute approximate surface area is 305 Å². The van der Waals surface area contributed by atoms with Crippen LogP contribution in [0.15, 0.2) is 133 Å². The highest BCUT2D eigenvalue weighted by atomic mass is 16.9. The van der Waals surface area contributed by atoms with E-state index in [-0.39, 0.29) is 6.61 Å². The topological polar surface area (TPSA) is 83.1 Å². The molecule has 9 atom stereocenters. The first-order valence-electron chi connectivity index (χ1n) is 18.1. The van der Waals surface area contributed by atoms with Gasteiger partial charge >= 0.3 is 0 Å². The molecule has 3 fully saturated rings. The molecule has 272 valence electrons. The molecule has 1 spiro atoms. The number of fused-ring (bicyclic) bond motifs is 3. The van der Waals surface area contributed by atoms with Crippen molar-refractivity contribution < 1.29 is 42.6 Å². The Kier molecular flexibility index (Phi) is 10.7. The van der Waals surface area contributed by atoms with E-state index in [2.05, 4.69) is 0 Å². The predicted molar refractivity (Wildman–Crippen MR) is 191 cm³/mol. The van der Waals surface area contributed by atoms with E-state index in [0.29, 0.717) is 26.4 Å². The molecule has 9 heteroatoms. The fraction of sp³-hybridized carbons (Fsp3) is 0.395. The van der Waals surface area contributed by atoms with E-state index in [1.54, 1.807) is 0 Å². The standard InChI is InChI=1S/C43H46O9/c1-42(2)50-39-37-34(48-41(39)52-42)23-24-43(51-37)40(47-28-33-21-13-6-14-22-33)38(46-27-32-19-11-5-12-20-32)36(45-26-31-17-9-4-10-18-31)35(49-43)29-44-25-30-15-7-3-8-16-30/h3-24,34-41H,25-29H2,1-2H3/t34-,35?,36-,37+,38?,39-,40?,41-,43-/m1/s1. The largest absolute Gasteiger partial charge is 0.374 e. The number of hydrogen-bond acceptors (Lipinski definition) is 9. The van der Waals surface area contributed by atoms with Gasteiger partial charge in [-0.3, -0.25) is 0 Å². The van der Waals surface area contributed by atoms with Gasteiger partial charge in [0, 0.05) is 0 Å². The molecule has 0 aliphatic carbocycles. The van der Waals surface area contributed by atoms with E-state index in [1.807, 2.05) is 147 Å². The van der Waals surface area contributed by atoms with Crippen LogP contribution < -0.4 is 0 Å². The Morgan fingerprint density at radius 2 is 1.06 bits per heavy atom. The molecule has 3 unspecified atom stereocenters. The highest BCUT2D eigenvalue weighted by Gasteiger charge is 2.64. The lowest BCUT2D eigenvalue weighted by molar-refractivity contribution is -0.381. The average molecular weight is 707 g/mol. The fourth-order valence-electron chi connectivity index (χ4n) is 7.37. The summed E-state index contributed by atoms with van der Waals surface area (Å²) in [6, 6.07) is 40.3. The van der Waals surface area contributed by atoms with Crippen molar-refractivity contribution in [3.05, 3.63) is 156 Å². The van der Waals surface area contributed by atoms with Crippen LogP contribution in [0.4, 0.5) is 0 Å². The summed E-state index contributed by atoms with van der Waals surface area (Å²) in [6.45, 7) is 5.33. The molecule has 3 saturated heterocycles. The molecule has 8 rings (SSSR count). The zero-order valence-corrected chi connectivity index (χ0v) is 29.5. The molecule has 4 heterocycles. The Morgan fingerprint density at radius 1 is 0.538 bits per heavy atom. The van der Waals surface area contributed by atoms with E-state index >= 15 is 0 Å². The normalized spacial score (nSPS) is 31.7. The monoisotopic (exact) mass is 706 g/mol. The number of rotatable bonds is 13. The van der Waals surface area contributed by atoms with Gasteiger partial charge < -0.3 is 42.6 Å². The second-order valence-corrected chi connectivity index (χ2v) is 14.1. The molecule has 4 aliphatic heterocycles. The molecule has 0 N–H and O–H groups in total. The molecule has 0 radical (unpaired) electrons. The van der Waals surface area contributed by atoms with Gasteiger partial charge in [-0.2, -0.15) is 0 Å². The third kappa shape index (κ3) is 7.94. The summed E-state index contributed by atoms with van der Waals surface area (Å²) in [5, 5.41) is 0. The van der Waals surface area contributed by atoms with Crippen LogP contribution in [0, 0.1) is 0 Å². The van der Waals surface area contributed by atoms with Crippen molar-refractivity contribution in [1.29, 1.82) is 0 Å². The summed E-state index contributed by atoms with van der Waals surface area (Å²) in [5.74, 6) is -2.22. The van der Waals surface area contributed by atoms with E-state index in [0.717, 1.165) is 22.3 Å². The quantitative estimate of drug-likeness (QED) is 0.138. The van der Waals surface area contributed by atoms with Crippen LogP contribution in [-0.4, -0.2) is 67.2 Å². The molecule has 0 bridgehead atoms. The maximum absolute atomic E-state index is 7.13. The van der Waals surface area contributed by atoms with Gasteiger partial charge in [0.2, 0.25) is 5.79 Å². The molecule has 4 aliphatic rings. The van der Waals surface area contributed by atoms with E-state index in [4.69, 9.17) is 42.6 Å². The molecular weight excluding hydrogens is 660 g/mol. The van der Waals surface area contributed by atoms with Crippen molar-refractivity contribution >= 4 is 0 Å². The number of ether oxygens (including phenoxy) is 9. The van der Waals surface area contributed by atoms with Gasteiger partial charge in [0.1, 0.15) is 42.7 Å². The third-order valence-electron chi connectivity index (χ3n) is 9.82. The van der Waals surface area contributed by atoms with Crippen LogP contribution in [0.1, 0.15) is 36.1 Å². The number of hydrogen-bond donors (Lipinski definition) is 0. The van der Waals surface area contributed by atoms with Crippen molar-refractivity contribution in [3.8, 4) is 0 Å². The predicted octanol–water partition coefficient (Wildman–Crippen LogP) is 6.89. The summed E-state index contributed by atoms with van der Waals surface area (Å²) in [6.07, 6.45) is -0.700. The van der Waals surface area contributed by atoms with E-state index < -0.39 is 60.6 Å². The van der Waals surface area contributed by atoms with Crippen LogP contribution >= 0.6 is 0 Å². The van der Waals surface area contributed by atoms with Gasteiger partial charge in [-0.1, -0.05) is 127 Å². The van der Waals surface area contributed by atoms with Crippen molar-refractivity contribution in [3.63, 3.8) is 0 Å². The Hall–Kier alpha value is -3.74. The SMILES string of the molecule is CC1(C)O[C@H]2O[C@@H]3C=C[C@@]4(OC(COCc5ccccc5)[C@@H](OCc5ccccc5)C(OCc5ccccc5)C4OCc4ccccc4)O[C@@H]3[C@H]2O1. The summed E-state index contributed by atoms with van der Waals surface area (Å²) in [4.78, 5) is 0. The fourth-order valence-corrected chi connectivity index (χ4v) is 7.37. The van der Waals surface area contributed by atoms with Crippen LogP contribution in [0.2, 0.25) is 0 Å². The highest BCUT2D eigenvalue weighted by molar-refractivity contribution is 5.21. The Bertz CT molecular complexity index is 1740. The lowest BCUT2D eigenvalue weighted by Gasteiger charge is -2.53. The Morgan fingerprint density at radius 3 is 1.63 bits per heavy atom. The van der Waals surface area contributed by atoms with E-state index in [1.165, 1.54) is 0 Å². The molecule has 4 aromatic carbocycles. The molecule has 9 nitrogen and oxygen atoms in total. The van der Waals surface area contributed by atoms with Gasteiger partial charge in [0.05, 0.1) is 33.0 Å². The minimum atomic E-state index is -1.40. The first-order valence-corrected chi connectivity index (χ1v) is 18.1. The average Bonchev–Trinajstić information content (AvgIpc) is 3.65. The molecular formula is C43H46O9. The van der Waals surface area contributed by atoms with Gasteiger partial charge in [0.25, 0.3) is 0 Å². The van der Waals surface area contributed by atoms with Crippen molar-refractivity contribution in [2.24, 2.45) is 0 Å². The molecule has 0 aromatic heterocycles. The van der Waals surface area contributed by atoms with E-state index in [9.17, 15) is 0 Å². The summed E-state index contributed by atoms with van der Waals surface area (Å²) in [7, 11) is 0. The van der Waals surface area contributed by atoms with Gasteiger partial charge in [-0.25, -0.2) is 0 Å². The number of benzene rings is 4. The maximum atomic E-state index is 7.13. The summed E-state index contributed by atoms with van der Waals surface area (Å²) >= 11 is 0. The van der Waals surface area contributed by atoms with Crippen LogP contribution in [0.5, 0.6) is 0 Å². The molecule has 0 amide bonds. The third-order valence-corrected chi connectivity index (χ3v) is 9.82. The smallest absolute Gasteiger partial charge is 0.218 e.